The number of piperidine rings is 1. The minimum absolute atomic E-state index is 0.0107. The van der Waals surface area contributed by atoms with Crippen molar-refractivity contribution in [2.24, 2.45) is 0 Å². The summed E-state index contributed by atoms with van der Waals surface area (Å²) in [5, 5.41) is 16.4. The van der Waals surface area contributed by atoms with Crippen LogP contribution < -0.4 is 15.5 Å². The van der Waals surface area contributed by atoms with E-state index in [1.54, 1.807) is 29.2 Å². The first-order chi connectivity index (χ1) is 17.8. The number of rotatable bonds is 6. The monoisotopic (exact) mass is 503 g/mol. The lowest BCUT2D eigenvalue weighted by atomic mass is 9.80. The van der Waals surface area contributed by atoms with Gasteiger partial charge in [-0.1, -0.05) is 37.5 Å². The minimum atomic E-state index is -1.14. The molecule has 0 radical (unpaired) electrons. The number of anilines is 2. The maximum absolute atomic E-state index is 13.6. The first-order valence-electron chi connectivity index (χ1n) is 12.6. The number of Topliss-reactive ketones (excluding diaryl/α,β-unsaturated/α-hetero) is 1. The summed E-state index contributed by atoms with van der Waals surface area (Å²) in [6.07, 6.45) is 4.60. The number of hydrogen-bond acceptors (Lipinski definition) is 6. The molecule has 2 aliphatic rings. The average Bonchev–Trinajstić information content (AvgIpc) is 3.34. The van der Waals surface area contributed by atoms with Gasteiger partial charge in [0.2, 0.25) is 5.91 Å². The highest BCUT2D eigenvalue weighted by Gasteiger charge is 2.41. The normalized spacial score (nSPS) is 17.4. The van der Waals surface area contributed by atoms with E-state index >= 15 is 0 Å². The Labute approximate surface area is 213 Å². The molecule has 2 fully saturated rings. The number of ketones is 1. The van der Waals surface area contributed by atoms with Crippen LogP contribution in [0.1, 0.15) is 65.9 Å². The second-order valence-electron chi connectivity index (χ2n) is 9.80. The van der Waals surface area contributed by atoms with Crippen LogP contribution in [-0.4, -0.2) is 47.3 Å². The van der Waals surface area contributed by atoms with E-state index in [0.29, 0.717) is 49.2 Å². The average molecular weight is 504 g/mol. The summed E-state index contributed by atoms with van der Waals surface area (Å²) in [4.78, 5) is 52.4. The van der Waals surface area contributed by atoms with E-state index in [0.717, 1.165) is 24.6 Å². The number of carbonyl (C=O) groups is 4. The topological polar surface area (TPSA) is 129 Å². The van der Waals surface area contributed by atoms with Crippen molar-refractivity contribution in [2.45, 2.75) is 50.5 Å². The molecule has 1 aliphatic heterocycles. The van der Waals surface area contributed by atoms with Gasteiger partial charge in [-0.05, 0) is 49.6 Å². The summed E-state index contributed by atoms with van der Waals surface area (Å²) in [6.45, 7) is 0.761. The van der Waals surface area contributed by atoms with Crippen LogP contribution in [0.5, 0.6) is 0 Å². The fraction of sp³-hybridized carbons (Fsp3) is 0.357. The number of carboxylic acid groups (broad SMARTS) is 1. The van der Waals surface area contributed by atoms with Crippen molar-refractivity contribution in [1.82, 2.24) is 5.32 Å². The van der Waals surface area contributed by atoms with Crippen molar-refractivity contribution in [3.8, 4) is 0 Å². The molecule has 1 aromatic heterocycles. The third-order valence-electron chi connectivity index (χ3n) is 7.22. The highest BCUT2D eigenvalue weighted by atomic mass is 16.4. The molecule has 2 heterocycles. The molecule has 0 spiro atoms. The fourth-order valence-electron chi connectivity index (χ4n) is 5.29. The Kier molecular flexibility index (Phi) is 6.69. The van der Waals surface area contributed by atoms with Gasteiger partial charge >= 0.3 is 5.97 Å². The van der Waals surface area contributed by atoms with Crippen molar-refractivity contribution >= 4 is 45.9 Å². The molecule has 9 heteroatoms. The number of fused-ring (bicyclic) bond motifs is 1. The van der Waals surface area contributed by atoms with Gasteiger partial charge in [-0.2, -0.15) is 0 Å². The number of furan rings is 1. The van der Waals surface area contributed by atoms with Crippen LogP contribution in [0.2, 0.25) is 0 Å². The summed E-state index contributed by atoms with van der Waals surface area (Å²) in [7, 11) is 0. The number of amides is 2. The maximum atomic E-state index is 13.6. The van der Waals surface area contributed by atoms with Crippen molar-refractivity contribution < 1.29 is 28.7 Å². The summed E-state index contributed by atoms with van der Waals surface area (Å²) < 4.78 is 5.70. The minimum Gasteiger partial charge on any atom is -0.478 e. The van der Waals surface area contributed by atoms with Crippen LogP contribution >= 0.6 is 0 Å². The molecular weight excluding hydrogens is 474 g/mol. The highest BCUT2D eigenvalue weighted by Crippen LogP contribution is 2.32. The SMILES string of the molecule is O=C1CCCN(c2ccc(NC(=O)C3(NC(=O)c4cc5ccccc5o4)CCCCC3)cc2C(=O)O)C1. The lowest BCUT2D eigenvalue weighted by Gasteiger charge is -2.36. The quantitative estimate of drug-likeness (QED) is 0.455. The van der Waals surface area contributed by atoms with Gasteiger partial charge in [-0.25, -0.2) is 4.79 Å². The molecular formula is C28H29N3O6. The van der Waals surface area contributed by atoms with Crippen molar-refractivity contribution in [1.29, 1.82) is 0 Å². The molecule has 1 saturated heterocycles. The molecule has 37 heavy (non-hydrogen) atoms. The van der Waals surface area contributed by atoms with Crippen LogP contribution in [0.25, 0.3) is 11.0 Å². The molecule has 2 amide bonds. The van der Waals surface area contributed by atoms with Crippen molar-refractivity contribution in [3.63, 3.8) is 0 Å². The third kappa shape index (κ3) is 5.07. The molecule has 0 bridgehead atoms. The molecule has 3 aromatic rings. The second kappa shape index (κ2) is 10.1. The van der Waals surface area contributed by atoms with Gasteiger partial charge < -0.3 is 25.1 Å². The molecule has 0 atom stereocenters. The summed E-state index contributed by atoms with van der Waals surface area (Å²) in [6, 6.07) is 13.6. The lowest BCUT2D eigenvalue weighted by Crippen LogP contribution is -2.57. The Morgan fingerprint density at radius 3 is 2.49 bits per heavy atom. The van der Waals surface area contributed by atoms with Crippen molar-refractivity contribution in [3.05, 3.63) is 59.9 Å². The number of benzene rings is 2. The zero-order valence-corrected chi connectivity index (χ0v) is 20.4. The van der Waals surface area contributed by atoms with Crippen LogP contribution in [0.3, 0.4) is 0 Å². The lowest BCUT2D eigenvalue weighted by molar-refractivity contribution is -0.123. The van der Waals surface area contributed by atoms with Gasteiger partial charge in [0.25, 0.3) is 5.91 Å². The summed E-state index contributed by atoms with van der Waals surface area (Å²) in [5.74, 6) is -1.81. The first kappa shape index (κ1) is 24.5. The standard InChI is InChI=1S/C28H29N3O6/c32-20-8-6-14-31(17-20)22-11-10-19(16-21(22)26(34)35)29-27(36)28(12-4-1-5-13-28)30-25(33)24-15-18-7-2-3-9-23(18)37-24/h2-3,7,9-11,15-16H,1,4-6,8,12-14,17H2,(H,29,36)(H,30,33)(H,34,35). The maximum Gasteiger partial charge on any atom is 0.337 e. The number of carboxylic acids is 1. The molecule has 3 N–H and O–H groups in total. The Bertz CT molecular complexity index is 1340. The van der Waals surface area contributed by atoms with Crippen LogP contribution in [0.15, 0.2) is 52.9 Å². The van der Waals surface area contributed by atoms with Gasteiger partial charge in [-0.15, -0.1) is 0 Å². The molecule has 2 aromatic carbocycles. The number of carbonyl (C=O) groups excluding carboxylic acids is 3. The van der Waals surface area contributed by atoms with E-state index in [1.165, 1.54) is 6.07 Å². The Hall–Kier alpha value is -4.14. The molecule has 192 valence electrons. The Morgan fingerprint density at radius 1 is 0.973 bits per heavy atom. The van der Waals surface area contributed by atoms with E-state index in [9.17, 15) is 24.3 Å². The van der Waals surface area contributed by atoms with Crippen LogP contribution in [0.4, 0.5) is 11.4 Å². The predicted octanol–water partition coefficient (Wildman–Crippen LogP) is 4.37. The molecule has 9 nitrogen and oxygen atoms in total. The van der Waals surface area contributed by atoms with E-state index in [1.807, 2.05) is 18.2 Å². The van der Waals surface area contributed by atoms with Gasteiger partial charge in [-0.3, -0.25) is 14.4 Å². The number of nitrogens with one attached hydrogen (secondary N) is 2. The second-order valence-corrected chi connectivity index (χ2v) is 9.80. The van der Waals surface area contributed by atoms with Crippen LogP contribution in [0, 0.1) is 0 Å². The smallest absolute Gasteiger partial charge is 0.337 e. The number of aromatic carboxylic acids is 1. The van der Waals surface area contributed by atoms with E-state index in [2.05, 4.69) is 10.6 Å². The Morgan fingerprint density at radius 2 is 1.76 bits per heavy atom. The Balaban J connectivity index is 1.38. The van der Waals surface area contributed by atoms with E-state index in [-0.39, 0.29) is 23.7 Å². The van der Waals surface area contributed by atoms with Gasteiger partial charge in [0, 0.05) is 24.0 Å². The zero-order chi connectivity index (χ0) is 26.0. The molecule has 5 rings (SSSR count). The zero-order valence-electron chi connectivity index (χ0n) is 20.4. The largest absolute Gasteiger partial charge is 0.478 e. The van der Waals surface area contributed by atoms with E-state index < -0.39 is 23.3 Å². The molecule has 1 aliphatic carbocycles. The number of hydrogen-bond donors (Lipinski definition) is 3. The number of nitrogens with zero attached hydrogens (tertiary/aromatic N) is 1. The van der Waals surface area contributed by atoms with Gasteiger partial charge in [0.05, 0.1) is 17.8 Å². The summed E-state index contributed by atoms with van der Waals surface area (Å²) >= 11 is 0. The summed E-state index contributed by atoms with van der Waals surface area (Å²) in [5.41, 5.74) is 0.222. The van der Waals surface area contributed by atoms with Gasteiger partial charge in [0.15, 0.2) is 11.5 Å². The highest BCUT2D eigenvalue weighted by molar-refractivity contribution is 6.05. The third-order valence-corrected chi connectivity index (χ3v) is 7.22. The fourth-order valence-corrected chi connectivity index (χ4v) is 5.29. The van der Waals surface area contributed by atoms with Crippen molar-refractivity contribution in [2.75, 3.05) is 23.3 Å². The number of para-hydroxylation sites is 1. The predicted molar refractivity (Wildman–Crippen MR) is 138 cm³/mol. The molecule has 0 unspecified atom stereocenters. The van der Waals surface area contributed by atoms with E-state index in [4.69, 9.17) is 4.42 Å². The van der Waals surface area contributed by atoms with Crippen LogP contribution in [-0.2, 0) is 9.59 Å². The first-order valence-corrected chi connectivity index (χ1v) is 12.6. The van der Waals surface area contributed by atoms with Gasteiger partial charge in [0.1, 0.15) is 11.1 Å². The molecule has 1 saturated carbocycles.